The molecule has 1 rings (SSSR count). The second-order valence-corrected chi connectivity index (χ2v) is 5.36. The van der Waals surface area contributed by atoms with Gasteiger partial charge in [-0.1, -0.05) is 18.2 Å². The van der Waals surface area contributed by atoms with E-state index in [1.54, 1.807) is 7.11 Å². The van der Waals surface area contributed by atoms with E-state index >= 15 is 0 Å². The third-order valence-electron chi connectivity index (χ3n) is 2.53. The Morgan fingerprint density at radius 3 is 2.75 bits per heavy atom. The lowest BCUT2D eigenvalue weighted by Crippen LogP contribution is -2.38. The predicted octanol–water partition coefficient (Wildman–Crippen LogP) is 2.37. The largest absolute Gasteiger partial charge is 0.385 e. The normalized spacial score (nSPS) is 11.4. The van der Waals surface area contributed by atoms with Crippen molar-refractivity contribution in [1.82, 2.24) is 10.6 Å². The Morgan fingerprint density at radius 1 is 1.25 bits per heavy atom. The second kappa shape index (κ2) is 11.6. The summed E-state index contributed by atoms with van der Waals surface area (Å²) in [4.78, 5) is 5.80. The Bertz CT molecular complexity index is 371. The highest BCUT2D eigenvalue weighted by molar-refractivity contribution is 7.99. The van der Waals surface area contributed by atoms with Gasteiger partial charge in [0.05, 0.1) is 0 Å². The monoisotopic (exact) mass is 295 g/mol. The van der Waals surface area contributed by atoms with Gasteiger partial charge in [0, 0.05) is 44.0 Å². The Kier molecular flexibility index (Phi) is 9.79. The van der Waals surface area contributed by atoms with Crippen molar-refractivity contribution in [2.45, 2.75) is 18.2 Å². The number of nitrogens with zero attached hydrogens (tertiary/aromatic N) is 1. The van der Waals surface area contributed by atoms with Gasteiger partial charge in [-0.15, -0.1) is 11.8 Å². The molecule has 5 heteroatoms. The molecule has 1 aromatic carbocycles. The van der Waals surface area contributed by atoms with E-state index in [1.807, 2.05) is 17.8 Å². The van der Waals surface area contributed by atoms with Crippen LogP contribution < -0.4 is 10.6 Å². The average Bonchev–Trinajstić information content (AvgIpc) is 2.49. The summed E-state index contributed by atoms with van der Waals surface area (Å²) in [5.41, 5.74) is 0. The zero-order valence-electron chi connectivity index (χ0n) is 12.4. The van der Waals surface area contributed by atoms with Crippen molar-refractivity contribution < 1.29 is 4.74 Å². The Hall–Kier alpha value is -1.20. The van der Waals surface area contributed by atoms with Crippen molar-refractivity contribution in [3.05, 3.63) is 30.3 Å². The topological polar surface area (TPSA) is 45.7 Å². The lowest BCUT2D eigenvalue weighted by Gasteiger charge is -2.11. The van der Waals surface area contributed by atoms with Gasteiger partial charge < -0.3 is 15.4 Å². The SMILES string of the molecule is CCNC(=NCCCOC)NCCSc1ccccc1. The van der Waals surface area contributed by atoms with Crippen molar-refractivity contribution in [2.24, 2.45) is 4.99 Å². The second-order valence-electron chi connectivity index (χ2n) is 4.20. The molecular formula is C15H25N3OS. The highest BCUT2D eigenvalue weighted by Gasteiger charge is 1.97. The van der Waals surface area contributed by atoms with Gasteiger partial charge in [0.1, 0.15) is 0 Å². The van der Waals surface area contributed by atoms with Gasteiger partial charge in [0.15, 0.2) is 5.96 Å². The minimum Gasteiger partial charge on any atom is -0.385 e. The number of methoxy groups -OCH3 is 1. The van der Waals surface area contributed by atoms with Gasteiger partial charge in [-0.25, -0.2) is 0 Å². The summed E-state index contributed by atoms with van der Waals surface area (Å²) in [6.45, 7) is 5.39. The number of thioether (sulfide) groups is 1. The Morgan fingerprint density at radius 2 is 2.05 bits per heavy atom. The van der Waals surface area contributed by atoms with Crippen LogP contribution >= 0.6 is 11.8 Å². The van der Waals surface area contributed by atoms with E-state index in [0.29, 0.717) is 0 Å². The molecule has 0 bridgehead atoms. The van der Waals surface area contributed by atoms with Crippen LogP contribution in [0.5, 0.6) is 0 Å². The Labute approximate surface area is 126 Å². The van der Waals surface area contributed by atoms with Crippen LogP contribution in [-0.4, -0.2) is 45.1 Å². The van der Waals surface area contributed by atoms with Crippen LogP contribution in [-0.2, 0) is 4.74 Å². The van der Waals surface area contributed by atoms with E-state index in [0.717, 1.165) is 44.4 Å². The summed E-state index contributed by atoms with van der Waals surface area (Å²) < 4.78 is 5.02. The van der Waals surface area contributed by atoms with E-state index in [2.05, 4.69) is 46.8 Å². The van der Waals surface area contributed by atoms with Crippen LogP contribution in [0.2, 0.25) is 0 Å². The van der Waals surface area contributed by atoms with Crippen molar-refractivity contribution >= 4 is 17.7 Å². The maximum absolute atomic E-state index is 5.02. The lowest BCUT2D eigenvalue weighted by atomic mass is 10.4. The number of rotatable bonds is 9. The molecule has 112 valence electrons. The highest BCUT2D eigenvalue weighted by Crippen LogP contribution is 2.15. The van der Waals surface area contributed by atoms with Crippen LogP contribution in [0.1, 0.15) is 13.3 Å². The van der Waals surface area contributed by atoms with Crippen molar-refractivity contribution in [3.8, 4) is 0 Å². The molecule has 0 aromatic heterocycles. The van der Waals surface area contributed by atoms with E-state index in [4.69, 9.17) is 4.74 Å². The van der Waals surface area contributed by atoms with Crippen LogP contribution in [0.4, 0.5) is 0 Å². The Balaban J connectivity index is 2.21. The number of nitrogens with one attached hydrogen (secondary N) is 2. The van der Waals surface area contributed by atoms with Gasteiger partial charge in [-0.3, -0.25) is 4.99 Å². The minimum absolute atomic E-state index is 0.757. The molecule has 0 radical (unpaired) electrons. The van der Waals surface area contributed by atoms with E-state index in [1.165, 1.54) is 4.90 Å². The lowest BCUT2D eigenvalue weighted by molar-refractivity contribution is 0.197. The molecule has 0 amide bonds. The van der Waals surface area contributed by atoms with Gasteiger partial charge in [0.2, 0.25) is 0 Å². The van der Waals surface area contributed by atoms with Crippen LogP contribution in [0.15, 0.2) is 40.2 Å². The summed E-state index contributed by atoms with van der Waals surface area (Å²) in [6, 6.07) is 10.4. The van der Waals surface area contributed by atoms with Gasteiger partial charge in [0.25, 0.3) is 0 Å². The van der Waals surface area contributed by atoms with E-state index in [9.17, 15) is 0 Å². The quantitative estimate of drug-likeness (QED) is 0.318. The maximum atomic E-state index is 5.02. The van der Waals surface area contributed by atoms with Crippen molar-refractivity contribution in [1.29, 1.82) is 0 Å². The fraction of sp³-hybridized carbons (Fsp3) is 0.533. The first-order chi connectivity index (χ1) is 9.86. The molecular weight excluding hydrogens is 270 g/mol. The molecule has 0 saturated heterocycles. The fourth-order valence-corrected chi connectivity index (χ4v) is 2.39. The molecule has 0 spiro atoms. The summed E-state index contributed by atoms with van der Waals surface area (Å²) in [5.74, 6) is 1.91. The van der Waals surface area contributed by atoms with Gasteiger partial charge in [-0.2, -0.15) is 0 Å². The summed E-state index contributed by atoms with van der Waals surface area (Å²) in [6.07, 6.45) is 0.950. The first kappa shape index (κ1) is 16.9. The third-order valence-corrected chi connectivity index (χ3v) is 3.54. The molecule has 0 atom stereocenters. The van der Waals surface area contributed by atoms with Gasteiger partial charge >= 0.3 is 0 Å². The number of guanidine groups is 1. The number of ether oxygens (including phenoxy) is 1. The zero-order valence-corrected chi connectivity index (χ0v) is 13.2. The van der Waals surface area contributed by atoms with E-state index < -0.39 is 0 Å². The van der Waals surface area contributed by atoms with Gasteiger partial charge in [-0.05, 0) is 25.5 Å². The molecule has 20 heavy (non-hydrogen) atoms. The smallest absolute Gasteiger partial charge is 0.191 e. The molecule has 0 fully saturated rings. The molecule has 1 aromatic rings. The van der Waals surface area contributed by atoms with Crippen molar-refractivity contribution in [3.63, 3.8) is 0 Å². The third kappa shape index (κ3) is 8.07. The number of benzene rings is 1. The first-order valence-corrected chi connectivity index (χ1v) is 8.04. The predicted molar refractivity (Wildman–Crippen MR) is 87.6 cm³/mol. The average molecular weight is 295 g/mol. The molecule has 0 unspecified atom stereocenters. The number of aliphatic imine (C=N–C) groups is 1. The summed E-state index contributed by atoms with van der Waals surface area (Å²) in [5, 5.41) is 6.59. The minimum atomic E-state index is 0.757. The molecule has 4 nitrogen and oxygen atoms in total. The molecule has 0 aliphatic heterocycles. The van der Waals surface area contributed by atoms with Crippen molar-refractivity contribution in [2.75, 3.05) is 39.1 Å². The van der Waals surface area contributed by atoms with E-state index in [-0.39, 0.29) is 0 Å². The molecule has 0 aliphatic rings. The molecule has 2 N–H and O–H groups in total. The fourth-order valence-electron chi connectivity index (χ4n) is 1.60. The molecule has 0 aliphatic carbocycles. The zero-order chi connectivity index (χ0) is 14.5. The maximum Gasteiger partial charge on any atom is 0.191 e. The van der Waals surface area contributed by atoms with Crippen LogP contribution in [0, 0.1) is 0 Å². The molecule has 0 heterocycles. The first-order valence-electron chi connectivity index (χ1n) is 7.05. The number of hydrogen-bond donors (Lipinski definition) is 2. The molecule has 0 saturated carbocycles. The standard InChI is InChI=1S/C15H25N3OS/c1-3-16-15(17-10-7-12-19-2)18-11-13-20-14-8-5-4-6-9-14/h4-6,8-9H,3,7,10-13H2,1-2H3,(H2,16,17,18). The summed E-state index contributed by atoms with van der Waals surface area (Å²) in [7, 11) is 1.72. The number of hydrogen-bond acceptors (Lipinski definition) is 3. The van der Waals surface area contributed by atoms with Crippen LogP contribution in [0.3, 0.4) is 0 Å². The van der Waals surface area contributed by atoms with Crippen LogP contribution in [0.25, 0.3) is 0 Å². The summed E-state index contributed by atoms with van der Waals surface area (Å²) >= 11 is 1.85. The highest BCUT2D eigenvalue weighted by atomic mass is 32.2.